The maximum Gasteiger partial charge on any atom is 0.227 e. The number of hydrogen-bond acceptors (Lipinski definition) is 4. The third-order valence-corrected chi connectivity index (χ3v) is 5.27. The Morgan fingerprint density at radius 3 is 2.52 bits per heavy atom. The molecule has 0 aliphatic carbocycles. The van der Waals surface area contributed by atoms with Gasteiger partial charge in [-0.05, 0) is 42.0 Å². The number of hydrogen-bond donors (Lipinski definition) is 1. The smallest absolute Gasteiger partial charge is 0.227 e. The number of rotatable bonds is 6. The second-order valence-corrected chi connectivity index (χ2v) is 7.37. The number of nitrogens with one attached hydrogen (secondary N) is 1. The average molecular weight is 411 g/mol. The summed E-state index contributed by atoms with van der Waals surface area (Å²) in [5.74, 6) is 1.73. The van der Waals surface area contributed by atoms with Gasteiger partial charge in [-0.2, -0.15) is 0 Å². The first-order valence-electron chi connectivity index (χ1n) is 9.71. The first kappa shape index (κ1) is 19.6. The van der Waals surface area contributed by atoms with Crippen LogP contribution in [0.2, 0.25) is 5.02 Å². The Bertz CT molecular complexity index is 962. The summed E-state index contributed by atoms with van der Waals surface area (Å²) >= 11 is 6.23. The number of halogens is 1. The summed E-state index contributed by atoms with van der Waals surface area (Å²) in [6.45, 7) is 3.17. The number of carbonyl (C=O) groups is 1. The minimum atomic E-state index is 0.150. The number of furan rings is 1. The summed E-state index contributed by atoms with van der Waals surface area (Å²) in [5.41, 5.74) is 2.86. The first-order valence-corrected chi connectivity index (χ1v) is 10.1. The summed E-state index contributed by atoms with van der Waals surface area (Å²) in [4.78, 5) is 14.2. The predicted molar refractivity (Wildman–Crippen MR) is 114 cm³/mol. The summed E-state index contributed by atoms with van der Waals surface area (Å²) in [7, 11) is 0. The molecular formula is C23H23ClN2O3. The molecule has 1 fully saturated rings. The third-order valence-electron chi connectivity index (χ3n) is 4.94. The topological polar surface area (TPSA) is 54.7 Å². The van der Waals surface area contributed by atoms with Gasteiger partial charge in [0.25, 0.3) is 0 Å². The Morgan fingerprint density at radius 1 is 1.00 bits per heavy atom. The van der Waals surface area contributed by atoms with Crippen LogP contribution in [-0.2, 0) is 22.5 Å². The molecule has 0 unspecified atom stereocenters. The fourth-order valence-electron chi connectivity index (χ4n) is 3.31. The first-order chi connectivity index (χ1) is 14.2. The summed E-state index contributed by atoms with van der Waals surface area (Å²) < 4.78 is 11.2. The molecule has 29 heavy (non-hydrogen) atoms. The Kier molecular flexibility index (Phi) is 6.17. The highest BCUT2D eigenvalue weighted by Gasteiger charge is 2.16. The normalized spacial score (nSPS) is 14.0. The van der Waals surface area contributed by atoms with Crippen molar-refractivity contribution in [2.75, 3.05) is 31.6 Å². The highest BCUT2D eigenvalue weighted by Crippen LogP contribution is 2.29. The van der Waals surface area contributed by atoms with Gasteiger partial charge in [-0.1, -0.05) is 35.9 Å². The van der Waals surface area contributed by atoms with E-state index in [4.69, 9.17) is 20.8 Å². The minimum Gasteiger partial charge on any atom is -0.459 e. The van der Waals surface area contributed by atoms with Gasteiger partial charge in [0.05, 0.1) is 31.2 Å². The molecule has 1 N–H and O–H groups in total. The Morgan fingerprint density at radius 2 is 1.76 bits per heavy atom. The van der Waals surface area contributed by atoms with Crippen LogP contribution >= 0.6 is 11.6 Å². The number of amides is 1. The average Bonchev–Trinajstić information content (AvgIpc) is 3.23. The van der Waals surface area contributed by atoms with Gasteiger partial charge in [0, 0.05) is 24.3 Å². The molecule has 150 valence electrons. The van der Waals surface area contributed by atoms with Gasteiger partial charge in [0.15, 0.2) is 0 Å². The summed E-state index contributed by atoms with van der Waals surface area (Å²) in [6.07, 6.45) is 0.416. The zero-order valence-electron chi connectivity index (χ0n) is 16.1. The van der Waals surface area contributed by atoms with E-state index in [0.717, 1.165) is 28.3 Å². The van der Waals surface area contributed by atoms with Gasteiger partial charge in [0.2, 0.25) is 5.91 Å². The largest absolute Gasteiger partial charge is 0.459 e. The van der Waals surface area contributed by atoms with Crippen LogP contribution in [0.15, 0.2) is 65.1 Å². The van der Waals surface area contributed by atoms with Gasteiger partial charge in [-0.15, -0.1) is 0 Å². The molecule has 6 heteroatoms. The standard InChI is InChI=1S/C23H23ClN2O3/c24-21-4-2-1-3-20(21)22-10-9-19(29-22)16-25-18-7-5-17(6-8-18)15-23(27)26-11-13-28-14-12-26/h1-10,25H,11-16H2. The fourth-order valence-corrected chi connectivity index (χ4v) is 3.54. The van der Waals surface area contributed by atoms with Gasteiger partial charge in [0.1, 0.15) is 11.5 Å². The van der Waals surface area contributed by atoms with E-state index in [2.05, 4.69) is 5.32 Å². The molecule has 1 aliphatic rings. The SMILES string of the molecule is O=C(Cc1ccc(NCc2ccc(-c3ccccc3Cl)o2)cc1)N1CCOCC1. The third kappa shape index (κ3) is 5.00. The van der Waals surface area contributed by atoms with Crippen molar-refractivity contribution in [3.8, 4) is 11.3 Å². The van der Waals surface area contributed by atoms with Crippen LogP contribution in [0.1, 0.15) is 11.3 Å². The van der Waals surface area contributed by atoms with Crippen molar-refractivity contribution in [1.29, 1.82) is 0 Å². The van der Waals surface area contributed by atoms with E-state index < -0.39 is 0 Å². The quantitative estimate of drug-likeness (QED) is 0.644. The minimum absolute atomic E-state index is 0.150. The van der Waals surface area contributed by atoms with Gasteiger partial charge >= 0.3 is 0 Å². The van der Waals surface area contributed by atoms with E-state index >= 15 is 0 Å². The van der Waals surface area contributed by atoms with Gasteiger partial charge in [-0.25, -0.2) is 0 Å². The monoisotopic (exact) mass is 410 g/mol. The lowest BCUT2D eigenvalue weighted by molar-refractivity contribution is -0.134. The Labute approximate surface area is 175 Å². The van der Waals surface area contributed by atoms with Crippen LogP contribution in [0.3, 0.4) is 0 Å². The number of benzene rings is 2. The molecule has 2 aromatic carbocycles. The Hall–Kier alpha value is -2.76. The molecule has 4 rings (SSSR count). The van der Waals surface area contributed by atoms with Crippen molar-refractivity contribution >= 4 is 23.2 Å². The number of carbonyl (C=O) groups excluding carboxylic acids is 1. The zero-order valence-corrected chi connectivity index (χ0v) is 16.8. The second kappa shape index (κ2) is 9.16. The van der Waals surface area contributed by atoms with Crippen LogP contribution < -0.4 is 5.32 Å². The van der Waals surface area contributed by atoms with Gasteiger partial charge in [-0.3, -0.25) is 4.79 Å². The highest BCUT2D eigenvalue weighted by atomic mass is 35.5. The molecule has 0 saturated carbocycles. The van der Waals surface area contributed by atoms with E-state index in [-0.39, 0.29) is 5.91 Å². The predicted octanol–water partition coefficient (Wildman–Crippen LogP) is 4.61. The van der Waals surface area contributed by atoms with E-state index in [1.165, 1.54) is 0 Å². The van der Waals surface area contributed by atoms with E-state index in [9.17, 15) is 4.79 Å². The van der Waals surface area contributed by atoms with Gasteiger partial charge < -0.3 is 19.4 Å². The van der Waals surface area contributed by atoms with Crippen molar-refractivity contribution in [2.45, 2.75) is 13.0 Å². The van der Waals surface area contributed by atoms with Crippen LogP contribution in [0.25, 0.3) is 11.3 Å². The van der Waals surface area contributed by atoms with Crippen molar-refractivity contribution < 1.29 is 13.9 Å². The van der Waals surface area contributed by atoms with Crippen LogP contribution in [0.5, 0.6) is 0 Å². The maximum absolute atomic E-state index is 12.3. The molecule has 1 aliphatic heterocycles. The van der Waals surface area contributed by atoms with E-state index in [1.807, 2.05) is 65.6 Å². The van der Waals surface area contributed by atoms with Crippen molar-refractivity contribution in [3.05, 3.63) is 77.0 Å². The molecule has 2 heterocycles. The van der Waals surface area contributed by atoms with Crippen LogP contribution in [-0.4, -0.2) is 37.1 Å². The van der Waals surface area contributed by atoms with Crippen LogP contribution in [0.4, 0.5) is 5.69 Å². The fraction of sp³-hybridized carbons (Fsp3) is 0.261. The molecule has 0 bridgehead atoms. The molecule has 0 radical (unpaired) electrons. The summed E-state index contributed by atoms with van der Waals surface area (Å²) in [5, 5.41) is 4.02. The van der Waals surface area contributed by atoms with Crippen LogP contribution in [0, 0.1) is 0 Å². The molecule has 3 aromatic rings. The molecule has 0 spiro atoms. The second-order valence-electron chi connectivity index (χ2n) is 6.97. The molecule has 1 saturated heterocycles. The maximum atomic E-state index is 12.3. The lowest BCUT2D eigenvalue weighted by Gasteiger charge is -2.26. The highest BCUT2D eigenvalue weighted by molar-refractivity contribution is 6.33. The molecule has 1 aromatic heterocycles. The zero-order chi connectivity index (χ0) is 20.1. The molecular weight excluding hydrogens is 388 g/mol. The molecule has 0 atom stereocenters. The molecule has 1 amide bonds. The van der Waals surface area contributed by atoms with Crippen molar-refractivity contribution in [1.82, 2.24) is 4.90 Å². The molecule has 5 nitrogen and oxygen atoms in total. The number of ether oxygens (including phenoxy) is 1. The van der Waals surface area contributed by atoms with Crippen molar-refractivity contribution in [3.63, 3.8) is 0 Å². The summed E-state index contributed by atoms with van der Waals surface area (Å²) in [6, 6.07) is 19.4. The number of anilines is 1. The lowest BCUT2D eigenvalue weighted by Crippen LogP contribution is -2.41. The van der Waals surface area contributed by atoms with E-state index in [1.54, 1.807) is 0 Å². The number of nitrogens with zero attached hydrogens (tertiary/aromatic N) is 1. The number of morpholine rings is 1. The van der Waals surface area contributed by atoms with Crippen molar-refractivity contribution in [2.24, 2.45) is 0 Å². The van der Waals surface area contributed by atoms with E-state index in [0.29, 0.717) is 44.3 Å². The lowest BCUT2D eigenvalue weighted by atomic mass is 10.1. The Balaban J connectivity index is 1.31.